The van der Waals surface area contributed by atoms with E-state index in [-0.39, 0.29) is 17.5 Å². The Morgan fingerprint density at radius 1 is 1.15 bits per heavy atom. The van der Waals surface area contributed by atoms with Gasteiger partial charge in [-0.15, -0.1) is 0 Å². The molecule has 0 atom stereocenters. The second-order valence-electron chi connectivity index (χ2n) is 5.61. The van der Waals surface area contributed by atoms with Crippen molar-refractivity contribution in [1.29, 1.82) is 0 Å². The number of carbonyl (C=O) groups is 2. The molecule has 0 aliphatic heterocycles. The lowest BCUT2D eigenvalue weighted by atomic mass is 10.2. The van der Waals surface area contributed by atoms with Gasteiger partial charge < -0.3 is 15.4 Å². The Balaban J connectivity index is 1.84. The summed E-state index contributed by atoms with van der Waals surface area (Å²) in [5, 5.41) is 5.52. The van der Waals surface area contributed by atoms with E-state index in [1.54, 1.807) is 24.3 Å². The summed E-state index contributed by atoms with van der Waals surface area (Å²) < 4.78 is 18.1. The van der Waals surface area contributed by atoms with Crippen LogP contribution in [0.3, 0.4) is 0 Å². The molecule has 0 spiro atoms. The smallest absolute Gasteiger partial charge is 0.338 e. The van der Waals surface area contributed by atoms with Gasteiger partial charge in [0.2, 0.25) is 0 Å². The van der Waals surface area contributed by atoms with Crippen molar-refractivity contribution < 1.29 is 18.7 Å². The summed E-state index contributed by atoms with van der Waals surface area (Å²) in [6.07, 6.45) is 1.78. The fourth-order valence-corrected chi connectivity index (χ4v) is 2.33. The van der Waals surface area contributed by atoms with Crippen LogP contribution in [-0.2, 0) is 11.3 Å². The van der Waals surface area contributed by atoms with Gasteiger partial charge in [-0.05, 0) is 48.4 Å². The van der Waals surface area contributed by atoms with Crippen molar-refractivity contribution in [3.63, 3.8) is 0 Å². The van der Waals surface area contributed by atoms with Crippen molar-refractivity contribution in [3.8, 4) is 0 Å². The zero-order valence-electron chi connectivity index (χ0n) is 14.4. The molecule has 0 aliphatic rings. The van der Waals surface area contributed by atoms with Gasteiger partial charge in [-0.2, -0.15) is 0 Å². The normalized spacial score (nSPS) is 10.3. The fourth-order valence-electron chi connectivity index (χ4n) is 2.10. The van der Waals surface area contributed by atoms with Crippen LogP contribution in [0.4, 0.5) is 14.9 Å². The molecule has 2 N–H and O–H groups in total. The second kappa shape index (κ2) is 9.77. The first-order valence-corrected chi connectivity index (χ1v) is 8.63. The Kier molecular flexibility index (Phi) is 7.41. The molecule has 2 aromatic rings. The Hall–Kier alpha value is -2.60. The molecule has 26 heavy (non-hydrogen) atoms. The van der Waals surface area contributed by atoms with Crippen LogP contribution in [0, 0.1) is 5.82 Å². The molecular weight excluding hydrogens is 359 g/mol. The second-order valence-corrected chi connectivity index (χ2v) is 6.02. The topological polar surface area (TPSA) is 67.4 Å². The van der Waals surface area contributed by atoms with Gasteiger partial charge in [0.1, 0.15) is 5.82 Å². The van der Waals surface area contributed by atoms with Crippen LogP contribution in [-0.4, -0.2) is 18.6 Å². The summed E-state index contributed by atoms with van der Waals surface area (Å²) in [6.45, 7) is 2.57. The van der Waals surface area contributed by atoms with Crippen LogP contribution in [0.15, 0.2) is 42.5 Å². The highest BCUT2D eigenvalue weighted by molar-refractivity contribution is 6.31. The number of benzene rings is 2. The average molecular weight is 379 g/mol. The number of anilines is 1. The first kappa shape index (κ1) is 19.7. The minimum atomic E-state index is -0.441. The number of hydrogen-bond acceptors (Lipinski definition) is 3. The standard InChI is InChI=1S/C19H20ClFN2O3/c1-2-3-10-26-18(24)13-5-8-16(9-6-13)23-19(25)22-12-14-4-7-15(21)11-17(14)20/h4-9,11H,2-3,10,12H2,1H3,(H2,22,23,25). The van der Waals surface area contributed by atoms with Gasteiger partial charge in [0, 0.05) is 17.3 Å². The Morgan fingerprint density at radius 3 is 2.54 bits per heavy atom. The van der Waals surface area contributed by atoms with Crippen LogP contribution in [0.2, 0.25) is 5.02 Å². The van der Waals surface area contributed by atoms with E-state index in [1.165, 1.54) is 18.2 Å². The molecule has 2 rings (SSSR count). The Bertz CT molecular complexity index is 766. The summed E-state index contributed by atoms with van der Waals surface area (Å²) >= 11 is 5.91. The molecule has 7 heteroatoms. The first-order chi connectivity index (χ1) is 12.5. The Morgan fingerprint density at radius 2 is 1.88 bits per heavy atom. The molecule has 0 radical (unpaired) electrons. The van der Waals surface area contributed by atoms with Crippen molar-refractivity contribution in [2.75, 3.05) is 11.9 Å². The summed E-state index contributed by atoms with van der Waals surface area (Å²) in [6, 6.07) is 9.93. The molecule has 2 aromatic carbocycles. The molecule has 5 nitrogen and oxygen atoms in total. The van der Waals surface area contributed by atoms with E-state index >= 15 is 0 Å². The summed E-state index contributed by atoms with van der Waals surface area (Å²) in [7, 11) is 0. The zero-order chi connectivity index (χ0) is 18.9. The van der Waals surface area contributed by atoms with E-state index in [9.17, 15) is 14.0 Å². The maximum absolute atomic E-state index is 13.0. The highest BCUT2D eigenvalue weighted by atomic mass is 35.5. The molecule has 0 saturated heterocycles. The molecule has 0 saturated carbocycles. The third-order valence-electron chi connectivity index (χ3n) is 3.56. The maximum Gasteiger partial charge on any atom is 0.338 e. The van der Waals surface area contributed by atoms with Crippen LogP contribution in [0.5, 0.6) is 0 Å². The number of unbranched alkanes of at least 4 members (excludes halogenated alkanes) is 1. The Labute approximate surface area is 156 Å². The molecule has 138 valence electrons. The molecule has 0 fully saturated rings. The third-order valence-corrected chi connectivity index (χ3v) is 3.92. The highest BCUT2D eigenvalue weighted by Gasteiger charge is 2.08. The molecule has 0 aliphatic carbocycles. The van der Waals surface area contributed by atoms with Crippen LogP contribution in [0.25, 0.3) is 0 Å². The lowest BCUT2D eigenvalue weighted by Crippen LogP contribution is -2.28. The number of carbonyl (C=O) groups excluding carboxylic acids is 2. The van der Waals surface area contributed by atoms with Gasteiger partial charge in [-0.1, -0.05) is 31.0 Å². The monoisotopic (exact) mass is 378 g/mol. The molecule has 2 amide bonds. The van der Waals surface area contributed by atoms with E-state index < -0.39 is 11.8 Å². The lowest BCUT2D eigenvalue weighted by molar-refractivity contribution is 0.0500. The molecule has 0 unspecified atom stereocenters. The summed E-state index contributed by atoms with van der Waals surface area (Å²) in [5.74, 6) is -0.822. The van der Waals surface area contributed by atoms with Crippen molar-refractivity contribution in [2.45, 2.75) is 26.3 Å². The molecule has 0 bridgehead atoms. The van der Waals surface area contributed by atoms with Gasteiger partial charge in [0.25, 0.3) is 0 Å². The predicted octanol–water partition coefficient (Wildman–Crippen LogP) is 4.76. The number of esters is 1. The number of ether oxygens (including phenoxy) is 1. The van der Waals surface area contributed by atoms with Gasteiger partial charge in [-0.25, -0.2) is 14.0 Å². The van der Waals surface area contributed by atoms with Crippen LogP contribution < -0.4 is 10.6 Å². The highest BCUT2D eigenvalue weighted by Crippen LogP contribution is 2.17. The SMILES string of the molecule is CCCCOC(=O)c1ccc(NC(=O)NCc2ccc(F)cc2Cl)cc1. The van der Waals surface area contributed by atoms with E-state index in [4.69, 9.17) is 16.3 Å². The number of halogens is 2. The fraction of sp³-hybridized carbons (Fsp3) is 0.263. The van der Waals surface area contributed by atoms with Gasteiger partial charge >= 0.3 is 12.0 Å². The third kappa shape index (κ3) is 6.04. The molecule has 0 aromatic heterocycles. The summed E-state index contributed by atoms with van der Waals surface area (Å²) in [5.41, 5.74) is 1.55. The molecular formula is C19H20ClFN2O3. The van der Waals surface area contributed by atoms with Crippen molar-refractivity contribution >= 4 is 29.3 Å². The van der Waals surface area contributed by atoms with Gasteiger partial charge in [-0.3, -0.25) is 0 Å². The minimum Gasteiger partial charge on any atom is -0.462 e. The number of nitrogens with one attached hydrogen (secondary N) is 2. The van der Waals surface area contributed by atoms with Crippen LogP contribution >= 0.6 is 11.6 Å². The van der Waals surface area contributed by atoms with Gasteiger partial charge in [0.15, 0.2) is 0 Å². The van der Waals surface area contributed by atoms with E-state index in [1.807, 2.05) is 6.92 Å². The number of rotatable bonds is 7. The van der Waals surface area contributed by atoms with Crippen molar-refractivity contribution in [1.82, 2.24) is 5.32 Å². The van der Waals surface area contributed by atoms with E-state index in [0.717, 1.165) is 12.8 Å². The summed E-state index contributed by atoms with van der Waals surface area (Å²) in [4.78, 5) is 23.7. The van der Waals surface area contributed by atoms with Gasteiger partial charge in [0.05, 0.1) is 12.2 Å². The lowest BCUT2D eigenvalue weighted by Gasteiger charge is -2.09. The van der Waals surface area contributed by atoms with Crippen molar-refractivity contribution in [3.05, 3.63) is 64.4 Å². The maximum atomic E-state index is 13.0. The predicted molar refractivity (Wildman–Crippen MR) is 98.9 cm³/mol. The number of urea groups is 1. The van der Waals surface area contributed by atoms with Crippen molar-refractivity contribution in [2.24, 2.45) is 0 Å². The van der Waals surface area contributed by atoms with E-state index in [2.05, 4.69) is 10.6 Å². The van der Waals surface area contributed by atoms with Crippen LogP contribution in [0.1, 0.15) is 35.7 Å². The first-order valence-electron chi connectivity index (χ1n) is 8.25. The molecule has 0 heterocycles. The zero-order valence-corrected chi connectivity index (χ0v) is 15.1. The number of hydrogen-bond donors (Lipinski definition) is 2. The number of amides is 2. The largest absolute Gasteiger partial charge is 0.462 e. The minimum absolute atomic E-state index is 0.160. The quantitative estimate of drug-likeness (QED) is 0.539. The average Bonchev–Trinajstić information content (AvgIpc) is 2.61. The van der Waals surface area contributed by atoms with E-state index in [0.29, 0.717) is 23.4 Å².